The van der Waals surface area contributed by atoms with Gasteiger partial charge in [-0.1, -0.05) is 60.0 Å². The Bertz CT molecular complexity index is 598. The number of hydrogen-bond donors (Lipinski definition) is 0. The Morgan fingerprint density at radius 3 is 1.64 bits per heavy atom. The van der Waals surface area contributed by atoms with Gasteiger partial charge in [0.1, 0.15) is 0 Å². The van der Waals surface area contributed by atoms with Gasteiger partial charge in [-0.05, 0) is 41.2 Å². The molecule has 114 valence electrons. The van der Waals surface area contributed by atoms with Gasteiger partial charge >= 0.3 is 26.2 Å². The second-order valence-electron chi connectivity index (χ2n) is 5.41. The van der Waals surface area contributed by atoms with Gasteiger partial charge in [-0.25, -0.2) is 0 Å². The minimum absolute atomic E-state index is 0. The maximum absolute atomic E-state index is 2.35. The number of thioether (sulfide) groups is 2. The fraction of sp³-hybridized carbons (Fsp3) is 0.294. The number of hydrogen-bond acceptors (Lipinski definition) is 2. The maximum Gasteiger partial charge on any atom is 2.00 e. The average molecular weight is 447 g/mol. The molecule has 0 spiro atoms. The predicted octanol–water partition coefficient (Wildman–Crippen LogP) is -0.437. The van der Waals surface area contributed by atoms with Crippen LogP contribution in [0, 0.1) is 11.8 Å². The molecule has 2 aliphatic heterocycles. The molecule has 2 aliphatic carbocycles. The van der Waals surface area contributed by atoms with Crippen LogP contribution in [0.4, 0.5) is 0 Å². The molecule has 2 unspecified atom stereocenters. The molecule has 0 saturated heterocycles. The van der Waals surface area contributed by atoms with Crippen LogP contribution in [0.15, 0.2) is 67.2 Å². The summed E-state index contributed by atoms with van der Waals surface area (Å²) in [5.74, 6) is 1.16. The van der Waals surface area contributed by atoms with E-state index in [1.54, 1.807) is 11.1 Å². The zero-order valence-corrected chi connectivity index (χ0v) is 18.0. The summed E-state index contributed by atoms with van der Waals surface area (Å²) < 4.78 is 0. The van der Waals surface area contributed by atoms with Crippen LogP contribution in [0.25, 0.3) is 0 Å². The average Bonchev–Trinajstić information content (AvgIpc) is 3.06. The van der Waals surface area contributed by atoms with Gasteiger partial charge < -0.3 is 24.8 Å². The van der Waals surface area contributed by atoms with Crippen LogP contribution < -0.4 is 24.8 Å². The molecule has 4 rings (SSSR count). The van der Waals surface area contributed by atoms with Crippen LogP contribution in [0.3, 0.4) is 0 Å². The van der Waals surface area contributed by atoms with E-state index in [2.05, 4.69) is 50.3 Å². The quantitative estimate of drug-likeness (QED) is 0.565. The number of allylic oxidation sites excluding steroid dienone is 12. The molecule has 0 aromatic heterocycles. The molecule has 0 amide bonds. The van der Waals surface area contributed by atoms with Gasteiger partial charge in [-0.3, -0.25) is 0 Å². The van der Waals surface area contributed by atoms with E-state index in [0.717, 1.165) is 6.42 Å². The van der Waals surface area contributed by atoms with Gasteiger partial charge in [0.2, 0.25) is 0 Å². The summed E-state index contributed by atoms with van der Waals surface area (Å²) in [6, 6.07) is 0. The topological polar surface area (TPSA) is 0 Å². The molecular formula is C17H16Cl2S2Zr. The standard InChI is InChI=1S/C17H16S2.2ClH.Zr/c1-10-14(12-5-3-7-16(12)18-10)9-15-11(2)19-17-8-4-6-13(15)17;;;/h3-8,12-13H,9H2,1-2H3;2*1H;/q;;;+2/p-2. The minimum Gasteiger partial charge on any atom is -1.00 e. The molecule has 5 heteroatoms. The fourth-order valence-electron chi connectivity index (χ4n) is 3.29. The predicted molar refractivity (Wildman–Crippen MR) is 86.6 cm³/mol. The van der Waals surface area contributed by atoms with Crippen molar-refractivity contribution in [3.8, 4) is 0 Å². The van der Waals surface area contributed by atoms with E-state index in [0.29, 0.717) is 11.8 Å². The normalized spacial score (nSPS) is 27.0. The largest absolute Gasteiger partial charge is 2.00 e. The first-order valence-corrected chi connectivity index (χ1v) is 8.39. The summed E-state index contributed by atoms with van der Waals surface area (Å²) in [5.41, 5.74) is 3.25. The molecule has 0 nitrogen and oxygen atoms in total. The fourth-order valence-corrected chi connectivity index (χ4v) is 5.64. The summed E-state index contributed by atoms with van der Waals surface area (Å²) in [5, 5.41) is 0. The zero-order valence-electron chi connectivity index (χ0n) is 12.4. The first kappa shape index (κ1) is 20.6. The minimum atomic E-state index is 0. The Kier molecular flexibility index (Phi) is 7.62. The first-order chi connectivity index (χ1) is 9.24. The van der Waals surface area contributed by atoms with Crippen LogP contribution in [-0.2, 0) is 26.2 Å². The van der Waals surface area contributed by atoms with E-state index in [1.807, 2.05) is 23.5 Å². The summed E-state index contributed by atoms with van der Waals surface area (Å²) in [6.45, 7) is 4.57. The molecule has 4 aliphatic rings. The van der Waals surface area contributed by atoms with E-state index in [-0.39, 0.29) is 51.0 Å². The Balaban J connectivity index is 0.000000807. The number of halogens is 2. The van der Waals surface area contributed by atoms with Crippen LogP contribution in [0.2, 0.25) is 0 Å². The van der Waals surface area contributed by atoms with E-state index in [1.165, 1.54) is 19.6 Å². The third-order valence-electron chi connectivity index (χ3n) is 4.32. The second-order valence-corrected chi connectivity index (χ2v) is 7.98. The van der Waals surface area contributed by atoms with Crippen molar-refractivity contribution < 1.29 is 51.0 Å². The Labute approximate surface area is 172 Å². The Morgan fingerprint density at radius 1 is 0.818 bits per heavy atom. The maximum atomic E-state index is 2.35. The van der Waals surface area contributed by atoms with Crippen molar-refractivity contribution in [2.75, 3.05) is 0 Å². The second kappa shape index (κ2) is 8.12. The molecule has 2 heterocycles. The van der Waals surface area contributed by atoms with Crippen molar-refractivity contribution in [3.63, 3.8) is 0 Å². The molecule has 0 aromatic rings. The van der Waals surface area contributed by atoms with Gasteiger partial charge in [0.15, 0.2) is 0 Å². The summed E-state index contributed by atoms with van der Waals surface area (Å²) in [6.07, 6.45) is 14.8. The first-order valence-electron chi connectivity index (χ1n) is 6.76. The monoisotopic (exact) mass is 444 g/mol. The van der Waals surface area contributed by atoms with E-state index in [4.69, 9.17) is 0 Å². The number of fused-ring (bicyclic) bond motifs is 2. The van der Waals surface area contributed by atoms with Crippen LogP contribution in [0.1, 0.15) is 20.3 Å². The molecule has 0 saturated carbocycles. The van der Waals surface area contributed by atoms with Crippen LogP contribution in [-0.4, -0.2) is 0 Å². The van der Waals surface area contributed by atoms with Crippen molar-refractivity contribution in [2.45, 2.75) is 20.3 Å². The third-order valence-corrected chi connectivity index (χ3v) is 6.71. The van der Waals surface area contributed by atoms with Crippen molar-refractivity contribution >= 4 is 23.5 Å². The van der Waals surface area contributed by atoms with Gasteiger partial charge in [0, 0.05) is 21.6 Å². The van der Waals surface area contributed by atoms with Gasteiger partial charge in [-0.2, -0.15) is 0 Å². The smallest absolute Gasteiger partial charge is 1.00 e. The van der Waals surface area contributed by atoms with Crippen molar-refractivity contribution in [1.29, 1.82) is 0 Å². The van der Waals surface area contributed by atoms with E-state index in [9.17, 15) is 0 Å². The molecule has 0 N–H and O–H groups in total. The summed E-state index contributed by atoms with van der Waals surface area (Å²) in [4.78, 5) is 6.08. The molecule has 0 aromatic carbocycles. The van der Waals surface area contributed by atoms with Crippen LogP contribution >= 0.6 is 23.5 Å². The van der Waals surface area contributed by atoms with Crippen LogP contribution in [0.5, 0.6) is 0 Å². The Morgan fingerprint density at radius 2 is 1.23 bits per heavy atom. The summed E-state index contributed by atoms with van der Waals surface area (Å²) in [7, 11) is 0. The molecule has 0 radical (unpaired) electrons. The molecule has 22 heavy (non-hydrogen) atoms. The van der Waals surface area contributed by atoms with Gasteiger partial charge in [-0.15, -0.1) is 0 Å². The third kappa shape index (κ3) is 3.35. The van der Waals surface area contributed by atoms with Crippen molar-refractivity contribution in [1.82, 2.24) is 0 Å². The zero-order chi connectivity index (χ0) is 13.0. The molecule has 0 bridgehead atoms. The van der Waals surface area contributed by atoms with E-state index < -0.39 is 0 Å². The van der Waals surface area contributed by atoms with E-state index >= 15 is 0 Å². The molecular weight excluding hydrogens is 430 g/mol. The SMILES string of the molecule is CC1=C(CC2=C(C)SC3=CC=CC32)C2C=CC=C2S1.[Cl-].[Cl-].[Zr+2]. The summed E-state index contributed by atoms with van der Waals surface area (Å²) >= 11 is 3.94. The van der Waals surface area contributed by atoms with Crippen molar-refractivity contribution in [3.05, 3.63) is 67.2 Å². The van der Waals surface area contributed by atoms with Gasteiger partial charge in [0.05, 0.1) is 0 Å². The molecule has 2 atom stereocenters. The van der Waals surface area contributed by atoms with Gasteiger partial charge in [0.25, 0.3) is 0 Å². The molecule has 0 fully saturated rings. The van der Waals surface area contributed by atoms with Crippen molar-refractivity contribution in [2.24, 2.45) is 11.8 Å². The number of rotatable bonds is 2. The Hall–Kier alpha value is 0.603.